The Kier molecular flexibility index (Phi) is 8.35. The van der Waals surface area contributed by atoms with Gasteiger partial charge in [-0.25, -0.2) is 13.2 Å². The van der Waals surface area contributed by atoms with Crippen LogP contribution in [0.25, 0.3) is 0 Å². The van der Waals surface area contributed by atoms with E-state index in [4.69, 9.17) is 18.9 Å². The molecule has 1 amide bonds. The van der Waals surface area contributed by atoms with Crippen molar-refractivity contribution in [2.75, 3.05) is 46.3 Å². The highest BCUT2D eigenvalue weighted by atomic mass is 32.2. The van der Waals surface area contributed by atoms with Gasteiger partial charge in [0.1, 0.15) is 0 Å². The lowest BCUT2D eigenvalue weighted by Crippen LogP contribution is -2.36. The van der Waals surface area contributed by atoms with Crippen LogP contribution in [0.2, 0.25) is 0 Å². The lowest BCUT2D eigenvalue weighted by atomic mass is 10.2. The van der Waals surface area contributed by atoms with Gasteiger partial charge in [-0.05, 0) is 25.0 Å². The molecule has 10 nitrogen and oxygen atoms in total. The number of carbonyl (C=O) groups is 2. The van der Waals surface area contributed by atoms with Gasteiger partial charge in [-0.2, -0.15) is 4.31 Å². The first-order chi connectivity index (χ1) is 16.3. The highest BCUT2D eigenvalue weighted by Gasteiger charge is 2.30. The number of piperidine rings is 1. The first kappa shape index (κ1) is 25.3. The van der Waals surface area contributed by atoms with Gasteiger partial charge in [-0.3, -0.25) is 4.79 Å². The largest absolute Gasteiger partial charge is 0.493 e. The Balaban J connectivity index is 1.71. The fraction of sp³-hybridized carbons (Fsp3) is 0.391. The van der Waals surface area contributed by atoms with Gasteiger partial charge in [0.25, 0.3) is 5.91 Å². The maximum absolute atomic E-state index is 13.1. The molecular formula is C23H28N2O8S. The van der Waals surface area contributed by atoms with Crippen LogP contribution in [0.15, 0.2) is 41.3 Å². The number of ether oxygens (including phenoxy) is 4. The summed E-state index contributed by atoms with van der Waals surface area (Å²) in [5.41, 5.74) is 0.220. The SMILES string of the molecule is COc1cc(NC(=O)COC(=O)c2ccccc2S(=O)(=O)N2CCCCC2)cc(OC)c1OC. The van der Waals surface area contributed by atoms with E-state index in [1.807, 2.05) is 0 Å². The van der Waals surface area contributed by atoms with Gasteiger partial charge in [-0.1, -0.05) is 18.6 Å². The van der Waals surface area contributed by atoms with Crippen LogP contribution in [-0.2, 0) is 19.6 Å². The molecule has 0 unspecified atom stereocenters. The number of nitrogens with zero attached hydrogens (tertiary/aromatic N) is 1. The minimum Gasteiger partial charge on any atom is -0.493 e. The normalized spacial score (nSPS) is 14.2. The van der Waals surface area contributed by atoms with Gasteiger partial charge < -0.3 is 24.3 Å². The average Bonchev–Trinajstić information content (AvgIpc) is 2.87. The van der Waals surface area contributed by atoms with Crippen molar-refractivity contribution < 1.29 is 37.0 Å². The Bertz CT molecular complexity index is 1120. The van der Waals surface area contributed by atoms with Gasteiger partial charge in [-0.15, -0.1) is 0 Å². The summed E-state index contributed by atoms with van der Waals surface area (Å²) in [7, 11) is 0.494. The topological polar surface area (TPSA) is 120 Å². The molecule has 0 spiro atoms. The summed E-state index contributed by atoms with van der Waals surface area (Å²) in [5, 5.41) is 2.59. The number of rotatable bonds is 9. The summed E-state index contributed by atoms with van der Waals surface area (Å²) < 4.78 is 48.4. The molecule has 0 bridgehead atoms. The van der Waals surface area contributed by atoms with E-state index in [2.05, 4.69) is 5.32 Å². The number of anilines is 1. The van der Waals surface area contributed by atoms with Crippen LogP contribution < -0.4 is 19.5 Å². The van der Waals surface area contributed by atoms with Crippen molar-refractivity contribution in [2.24, 2.45) is 0 Å². The van der Waals surface area contributed by atoms with Crippen molar-refractivity contribution in [3.8, 4) is 17.2 Å². The number of benzene rings is 2. The predicted octanol–water partition coefficient (Wildman–Crippen LogP) is 2.68. The summed E-state index contributed by atoms with van der Waals surface area (Å²) in [6, 6.07) is 8.89. The van der Waals surface area contributed by atoms with Crippen molar-refractivity contribution in [3.05, 3.63) is 42.0 Å². The number of sulfonamides is 1. The smallest absolute Gasteiger partial charge is 0.340 e. The fourth-order valence-electron chi connectivity index (χ4n) is 3.66. The van der Waals surface area contributed by atoms with E-state index in [1.165, 1.54) is 49.9 Å². The number of amides is 1. The van der Waals surface area contributed by atoms with Crippen molar-refractivity contribution >= 4 is 27.6 Å². The second-order valence-electron chi connectivity index (χ2n) is 7.50. The third-order valence-electron chi connectivity index (χ3n) is 5.32. The average molecular weight is 493 g/mol. The summed E-state index contributed by atoms with van der Waals surface area (Å²) in [6.45, 7) is 0.194. The molecule has 0 aliphatic carbocycles. The Morgan fingerprint density at radius 2 is 1.56 bits per heavy atom. The first-order valence-electron chi connectivity index (χ1n) is 10.7. The minimum atomic E-state index is -3.85. The van der Waals surface area contributed by atoms with Gasteiger partial charge in [0.15, 0.2) is 18.1 Å². The third kappa shape index (κ3) is 5.60. The molecule has 2 aromatic carbocycles. The van der Waals surface area contributed by atoms with E-state index in [0.717, 1.165) is 19.3 Å². The predicted molar refractivity (Wildman–Crippen MR) is 124 cm³/mol. The molecule has 0 aromatic heterocycles. The molecule has 0 atom stereocenters. The molecule has 1 saturated heterocycles. The van der Waals surface area contributed by atoms with Crippen molar-refractivity contribution in [2.45, 2.75) is 24.2 Å². The number of hydrogen-bond donors (Lipinski definition) is 1. The van der Waals surface area contributed by atoms with E-state index in [0.29, 0.717) is 36.0 Å². The molecule has 0 radical (unpaired) electrons. The quantitative estimate of drug-likeness (QED) is 0.531. The molecule has 1 N–H and O–H groups in total. The number of methoxy groups -OCH3 is 3. The molecule has 1 heterocycles. The zero-order valence-electron chi connectivity index (χ0n) is 19.3. The molecule has 1 aliphatic rings. The molecule has 0 saturated carbocycles. The fourth-order valence-corrected chi connectivity index (χ4v) is 5.36. The van der Waals surface area contributed by atoms with Gasteiger partial charge in [0, 0.05) is 30.9 Å². The van der Waals surface area contributed by atoms with Crippen molar-refractivity contribution in [1.82, 2.24) is 4.31 Å². The third-order valence-corrected chi connectivity index (χ3v) is 7.28. The molecule has 1 fully saturated rings. The van der Waals surface area contributed by atoms with Crippen LogP contribution in [0, 0.1) is 0 Å². The number of hydrogen-bond acceptors (Lipinski definition) is 8. The number of esters is 1. The van der Waals surface area contributed by atoms with Gasteiger partial charge in [0.05, 0.1) is 31.8 Å². The number of carbonyl (C=O) groups excluding carboxylic acids is 2. The Labute approximate surface area is 198 Å². The van der Waals surface area contributed by atoms with Crippen LogP contribution in [0.1, 0.15) is 29.6 Å². The lowest BCUT2D eigenvalue weighted by molar-refractivity contribution is -0.119. The standard InChI is InChI=1S/C23H28N2O8S/c1-30-18-13-16(14-19(31-2)22(18)32-3)24-21(26)15-33-23(27)17-9-5-6-10-20(17)34(28,29)25-11-7-4-8-12-25/h5-6,9-10,13-14H,4,7-8,11-12,15H2,1-3H3,(H,24,26). The van der Waals surface area contributed by atoms with E-state index < -0.39 is 28.5 Å². The van der Waals surface area contributed by atoms with Gasteiger partial charge in [0.2, 0.25) is 15.8 Å². The van der Waals surface area contributed by atoms with Crippen molar-refractivity contribution in [3.63, 3.8) is 0 Å². The first-order valence-corrected chi connectivity index (χ1v) is 12.1. The summed E-state index contributed by atoms with van der Waals surface area (Å²) in [4.78, 5) is 25.0. The highest BCUT2D eigenvalue weighted by Crippen LogP contribution is 2.39. The van der Waals surface area contributed by atoms with E-state index in [9.17, 15) is 18.0 Å². The summed E-state index contributed by atoms with van der Waals surface area (Å²) in [6.07, 6.45) is 2.51. The minimum absolute atomic E-state index is 0.117. The second-order valence-corrected chi connectivity index (χ2v) is 9.41. The zero-order valence-corrected chi connectivity index (χ0v) is 20.1. The van der Waals surface area contributed by atoms with Crippen LogP contribution >= 0.6 is 0 Å². The van der Waals surface area contributed by atoms with Crippen molar-refractivity contribution in [1.29, 1.82) is 0 Å². The summed E-state index contributed by atoms with van der Waals surface area (Å²) in [5.74, 6) is -0.492. The van der Waals surface area contributed by atoms with Crippen LogP contribution in [0.4, 0.5) is 5.69 Å². The van der Waals surface area contributed by atoms with Crippen LogP contribution in [0.3, 0.4) is 0 Å². The van der Waals surface area contributed by atoms with E-state index >= 15 is 0 Å². The Morgan fingerprint density at radius 3 is 2.15 bits per heavy atom. The zero-order chi connectivity index (χ0) is 24.7. The molecule has 11 heteroatoms. The number of nitrogens with one attached hydrogen (secondary N) is 1. The highest BCUT2D eigenvalue weighted by molar-refractivity contribution is 7.89. The maximum atomic E-state index is 13.1. The lowest BCUT2D eigenvalue weighted by Gasteiger charge is -2.26. The molecule has 1 aliphatic heterocycles. The maximum Gasteiger partial charge on any atom is 0.340 e. The second kappa shape index (κ2) is 11.2. The molecule has 2 aromatic rings. The molecule has 3 rings (SSSR count). The Morgan fingerprint density at radius 1 is 0.941 bits per heavy atom. The Hall–Kier alpha value is -3.31. The monoisotopic (exact) mass is 492 g/mol. The van der Waals surface area contributed by atoms with Crippen LogP contribution in [-0.4, -0.2) is 65.6 Å². The van der Waals surface area contributed by atoms with Gasteiger partial charge >= 0.3 is 5.97 Å². The summed E-state index contributed by atoms with van der Waals surface area (Å²) >= 11 is 0. The molecule has 184 valence electrons. The van der Waals surface area contributed by atoms with E-state index in [1.54, 1.807) is 12.1 Å². The molecular weight excluding hydrogens is 464 g/mol. The van der Waals surface area contributed by atoms with E-state index in [-0.39, 0.29) is 10.5 Å². The van der Waals surface area contributed by atoms with Crippen LogP contribution in [0.5, 0.6) is 17.2 Å². The molecule has 34 heavy (non-hydrogen) atoms.